The lowest BCUT2D eigenvalue weighted by Gasteiger charge is -2.15. The van der Waals surface area contributed by atoms with Crippen LogP contribution in [0.2, 0.25) is 0 Å². The fraction of sp³-hybridized carbons (Fsp3) is 0.333. The van der Waals surface area contributed by atoms with Gasteiger partial charge in [-0.05, 0) is 55.9 Å². The molecule has 3 rings (SSSR count). The third-order valence-corrected chi connectivity index (χ3v) is 5.21. The van der Waals surface area contributed by atoms with Crippen molar-refractivity contribution in [2.45, 2.75) is 39.2 Å². The first-order valence-corrected chi connectivity index (χ1v) is 8.44. The summed E-state index contributed by atoms with van der Waals surface area (Å²) in [5.41, 5.74) is 4.54. The van der Waals surface area contributed by atoms with Gasteiger partial charge in [0, 0.05) is 5.38 Å². The number of amides is 1. The van der Waals surface area contributed by atoms with Crippen LogP contribution >= 0.6 is 11.3 Å². The van der Waals surface area contributed by atoms with Crippen molar-refractivity contribution in [1.82, 2.24) is 5.32 Å². The number of ketones is 1. The molecule has 1 N–H and O–H groups in total. The van der Waals surface area contributed by atoms with E-state index in [0.717, 1.165) is 12.0 Å². The largest absolute Gasteiger partial charge is 0.345 e. The molecule has 22 heavy (non-hydrogen) atoms. The molecule has 1 aromatic heterocycles. The predicted octanol–water partition coefficient (Wildman–Crippen LogP) is 3.93. The molecule has 3 nitrogen and oxygen atoms in total. The lowest BCUT2D eigenvalue weighted by atomic mass is 10.0. The molecule has 0 fully saturated rings. The van der Waals surface area contributed by atoms with Gasteiger partial charge < -0.3 is 5.32 Å². The summed E-state index contributed by atoms with van der Waals surface area (Å²) < 4.78 is 0. The lowest BCUT2D eigenvalue weighted by Crippen LogP contribution is -2.26. The molecule has 1 amide bonds. The third-order valence-electron chi connectivity index (χ3n) is 4.18. The Hall–Kier alpha value is -1.94. The van der Waals surface area contributed by atoms with Crippen molar-refractivity contribution in [3.8, 4) is 0 Å². The van der Waals surface area contributed by atoms with Crippen LogP contribution in [0.1, 0.15) is 63.0 Å². The molecular formula is C18H19NO2S. The molecule has 1 aliphatic rings. The molecule has 0 aliphatic heterocycles. The zero-order valence-electron chi connectivity index (χ0n) is 12.8. The van der Waals surface area contributed by atoms with E-state index in [-0.39, 0.29) is 17.7 Å². The Bertz CT molecular complexity index is 732. The summed E-state index contributed by atoms with van der Waals surface area (Å²) in [6.07, 6.45) is 3.53. The van der Waals surface area contributed by atoms with Crippen LogP contribution in [-0.2, 0) is 12.8 Å². The molecule has 1 heterocycles. The second kappa shape index (κ2) is 6.05. The summed E-state index contributed by atoms with van der Waals surface area (Å²) in [6.45, 7) is 3.51. The number of hydrogen-bond acceptors (Lipinski definition) is 3. The Morgan fingerprint density at radius 3 is 2.68 bits per heavy atom. The maximum atomic E-state index is 12.3. The summed E-state index contributed by atoms with van der Waals surface area (Å²) in [5, 5.41) is 4.75. The molecule has 0 radical (unpaired) electrons. The van der Waals surface area contributed by atoms with E-state index in [0.29, 0.717) is 10.4 Å². The first kappa shape index (κ1) is 15.0. The highest BCUT2D eigenvalue weighted by molar-refractivity contribution is 7.12. The molecule has 1 aromatic carbocycles. The Morgan fingerprint density at radius 2 is 1.95 bits per heavy atom. The third kappa shape index (κ3) is 2.97. The molecule has 4 heteroatoms. The average Bonchev–Trinajstić information content (AvgIpc) is 3.15. The Kier molecular flexibility index (Phi) is 4.12. The highest BCUT2D eigenvalue weighted by Gasteiger charge is 2.17. The van der Waals surface area contributed by atoms with Gasteiger partial charge in [-0.2, -0.15) is 0 Å². The van der Waals surface area contributed by atoms with Crippen molar-refractivity contribution in [2.24, 2.45) is 0 Å². The summed E-state index contributed by atoms with van der Waals surface area (Å²) in [6, 6.07) is 8.11. The SMILES string of the molecule is CC(=O)c1cc(C(=O)NC(C)c2ccc3c(c2)CCC3)cs1. The fourth-order valence-corrected chi connectivity index (χ4v) is 3.65. The first-order valence-electron chi connectivity index (χ1n) is 7.56. The number of hydrogen-bond donors (Lipinski definition) is 1. The minimum atomic E-state index is -0.128. The number of nitrogens with one attached hydrogen (secondary N) is 1. The van der Waals surface area contributed by atoms with Gasteiger partial charge in [0.15, 0.2) is 5.78 Å². The maximum absolute atomic E-state index is 12.3. The summed E-state index contributed by atoms with van der Waals surface area (Å²) >= 11 is 1.31. The van der Waals surface area contributed by atoms with Crippen LogP contribution in [0.15, 0.2) is 29.6 Å². The van der Waals surface area contributed by atoms with Crippen LogP contribution in [0.5, 0.6) is 0 Å². The molecule has 0 saturated heterocycles. The van der Waals surface area contributed by atoms with Crippen LogP contribution in [-0.4, -0.2) is 11.7 Å². The van der Waals surface area contributed by atoms with E-state index in [1.807, 2.05) is 6.92 Å². The zero-order chi connectivity index (χ0) is 15.7. The molecule has 0 bridgehead atoms. The summed E-state index contributed by atoms with van der Waals surface area (Å²) in [5.74, 6) is -0.132. The summed E-state index contributed by atoms with van der Waals surface area (Å²) in [4.78, 5) is 24.2. The number of benzene rings is 1. The second-order valence-electron chi connectivity index (χ2n) is 5.83. The quantitative estimate of drug-likeness (QED) is 0.869. The van der Waals surface area contributed by atoms with Crippen molar-refractivity contribution in [3.63, 3.8) is 0 Å². The van der Waals surface area contributed by atoms with E-state index in [4.69, 9.17) is 0 Å². The fourth-order valence-electron chi connectivity index (χ4n) is 2.86. The number of Topliss-reactive ketones (excluding diaryl/α,β-unsaturated/α-hetero) is 1. The van der Waals surface area contributed by atoms with E-state index in [1.54, 1.807) is 11.4 Å². The van der Waals surface area contributed by atoms with Crippen LogP contribution < -0.4 is 5.32 Å². The first-order chi connectivity index (χ1) is 10.5. The molecule has 1 unspecified atom stereocenters. The molecule has 1 atom stereocenters. The van der Waals surface area contributed by atoms with E-state index in [1.165, 1.54) is 42.2 Å². The van der Waals surface area contributed by atoms with Gasteiger partial charge >= 0.3 is 0 Å². The van der Waals surface area contributed by atoms with Gasteiger partial charge in [-0.1, -0.05) is 18.2 Å². The van der Waals surface area contributed by atoms with Gasteiger partial charge in [0.25, 0.3) is 5.91 Å². The Balaban J connectivity index is 1.71. The maximum Gasteiger partial charge on any atom is 0.252 e. The minimum absolute atomic E-state index is 0.00396. The molecule has 0 saturated carbocycles. The molecular weight excluding hydrogens is 294 g/mol. The molecule has 114 valence electrons. The van der Waals surface area contributed by atoms with Crippen molar-refractivity contribution in [3.05, 3.63) is 56.8 Å². The monoisotopic (exact) mass is 313 g/mol. The molecule has 2 aromatic rings. The van der Waals surface area contributed by atoms with Gasteiger partial charge in [0.1, 0.15) is 0 Å². The number of aryl methyl sites for hydroxylation is 2. The smallest absolute Gasteiger partial charge is 0.252 e. The normalized spacial score (nSPS) is 14.5. The minimum Gasteiger partial charge on any atom is -0.345 e. The van der Waals surface area contributed by atoms with E-state index < -0.39 is 0 Å². The van der Waals surface area contributed by atoms with Crippen LogP contribution in [0, 0.1) is 0 Å². The van der Waals surface area contributed by atoms with E-state index >= 15 is 0 Å². The molecule has 0 spiro atoms. The van der Waals surface area contributed by atoms with Crippen LogP contribution in [0.25, 0.3) is 0 Å². The average molecular weight is 313 g/mol. The number of carbonyl (C=O) groups excluding carboxylic acids is 2. The van der Waals surface area contributed by atoms with E-state index in [2.05, 4.69) is 23.5 Å². The van der Waals surface area contributed by atoms with Crippen molar-refractivity contribution in [2.75, 3.05) is 0 Å². The van der Waals surface area contributed by atoms with Crippen LogP contribution in [0.4, 0.5) is 0 Å². The van der Waals surface area contributed by atoms with Gasteiger partial charge in [-0.3, -0.25) is 9.59 Å². The predicted molar refractivity (Wildman–Crippen MR) is 88.7 cm³/mol. The zero-order valence-corrected chi connectivity index (χ0v) is 13.6. The standard InChI is InChI=1S/C18H19NO2S/c1-11(14-7-6-13-4-3-5-15(13)8-14)19-18(21)16-9-17(12(2)20)22-10-16/h6-11H,3-5H2,1-2H3,(H,19,21). The highest BCUT2D eigenvalue weighted by atomic mass is 32.1. The van der Waals surface area contributed by atoms with Gasteiger partial charge in [-0.15, -0.1) is 11.3 Å². The summed E-state index contributed by atoms with van der Waals surface area (Å²) in [7, 11) is 0. The van der Waals surface area contributed by atoms with Crippen LogP contribution in [0.3, 0.4) is 0 Å². The van der Waals surface area contributed by atoms with Crippen molar-refractivity contribution in [1.29, 1.82) is 0 Å². The highest BCUT2D eigenvalue weighted by Crippen LogP contribution is 2.25. The lowest BCUT2D eigenvalue weighted by molar-refractivity contribution is 0.0940. The van der Waals surface area contributed by atoms with Gasteiger partial charge in [0.2, 0.25) is 0 Å². The van der Waals surface area contributed by atoms with Crippen molar-refractivity contribution >= 4 is 23.0 Å². The number of thiophene rings is 1. The number of carbonyl (C=O) groups is 2. The van der Waals surface area contributed by atoms with Gasteiger partial charge in [-0.25, -0.2) is 0 Å². The number of fused-ring (bicyclic) bond motifs is 1. The Morgan fingerprint density at radius 1 is 1.18 bits per heavy atom. The van der Waals surface area contributed by atoms with Crippen molar-refractivity contribution < 1.29 is 9.59 Å². The molecule has 1 aliphatic carbocycles. The Labute approximate surface area is 134 Å². The topological polar surface area (TPSA) is 46.2 Å². The van der Waals surface area contributed by atoms with Gasteiger partial charge in [0.05, 0.1) is 16.5 Å². The number of rotatable bonds is 4. The second-order valence-corrected chi connectivity index (χ2v) is 6.74. The van der Waals surface area contributed by atoms with E-state index in [9.17, 15) is 9.59 Å².